The highest BCUT2D eigenvalue weighted by Gasteiger charge is 2.39. The van der Waals surface area contributed by atoms with Crippen molar-refractivity contribution in [2.75, 3.05) is 0 Å². The van der Waals surface area contributed by atoms with Crippen molar-refractivity contribution >= 4 is 5.91 Å². The third-order valence-corrected chi connectivity index (χ3v) is 4.12. The molecule has 1 amide bonds. The van der Waals surface area contributed by atoms with Gasteiger partial charge < -0.3 is 10.8 Å². The second-order valence-electron chi connectivity index (χ2n) is 5.30. The molecular weight excluding hydrogens is 240 g/mol. The first-order valence-electron chi connectivity index (χ1n) is 6.95. The highest BCUT2D eigenvalue weighted by atomic mass is 16.3. The van der Waals surface area contributed by atoms with E-state index in [1.165, 1.54) is 12.8 Å². The number of hydrogen-bond donors (Lipinski definition) is 3. The lowest BCUT2D eigenvalue weighted by Gasteiger charge is -2.34. The number of amides is 1. The minimum Gasteiger partial charge on any atom is -0.508 e. The Hall–Kier alpha value is -1.55. The summed E-state index contributed by atoms with van der Waals surface area (Å²) < 4.78 is 0. The molecule has 1 aromatic rings. The molecule has 0 heterocycles. The predicted molar refractivity (Wildman–Crippen MR) is 74.7 cm³/mol. The van der Waals surface area contributed by atoms with Gasteiger partial charge in [0.05, 0.1) is 0 Å². The van der Waals surface area contributed by atoms with E-state index < -0.39 is 5.54 Å². The first-order valence-corrected chi connectivity index (χ1v) is 6.95. The minimum absolute atomic E-state index is 0.194. The normalized spacial score (nSPS) is 19.2. The van der Waals surface area contributed by atoms with Gasteiger partial charge in [-0.15, -0.1) is 0 Å². The summed E-state index contributed by atoms with van der Waals surface area (Å²) in [5.41, 5.74) is 5.66. The summed E-state index contributed by atoms with van der Waals surface area (Å²) in [7, 11) is 0. The van der Waals surface area contributed by atoms with Crippen molar-refractivity contribution in [1.29, 1.82) is 0 Å². The number of carbonyl (C=O) groups is 1. The molecule has 1 atom stereocenters. The average Bonchev–Trinajstić information content (AvgIpc) is 2.89. The Labute approximate surface area is 114 Å². The summed E-state index contributed by atoms with van der Waals surface area (Å²) >= 11 is 0. The Morgan fingerprint density at radius 2 is 1.95 bits per heavy atom. The molecular formula is C15H22N2O2. The van der Waals surface area contributed by atoms with Crippen LogP contribution in [0.5, 0.6) is 5.75 Å². The van der Waals surface area contributed by atoms with Crippen molar-refractivity contribution in [2.24, 2.45) is 5.73 Å². The molecule has 0 radical (unpaired) electrons. The standard InChI is InChI=1S/C15H22N2O2/c1-2-15(14(16)19,17-12-5-3-4-6-12)11-7-9-13(18)10-8-11/h7-10,12,17-18H,2-6H2,1H3,(H2,16,19). The third-order valence-electron chi connectivity index (χ3n) is 4.12. The first-order chi connectivity index (χ1) is 9.08. The van der Waals surface area contributed by atoms with Gasteiger partial charge in [0.2, 0.25) is 5.91 Å². The molecule has 0 aliphatic heterocycles. The average molecular weight is 262 g/mol. The van der Waals surface area contributed by atoms with E-state index in [-0.39, 0.29) is 11.7 Å². The monoisotopic (exact) mass is 262 g/mol. The zero-order chi connectivity index (χ0) is 13.9. The lowest BCUT2D eigenvalue weighted by atomic mass is 9.85. The Bertz CT molecular complexity index is 438. The first kappa shape index (κ1) is 13.9. The number of rotatable bonds is 5. The number of nitrogens with one attached hydrogen (secondary N) is 1. The fourth-order valence-corrected chi connectivity index (χ4v) is 2.94. The van der Waals surface area contributed by atoms with Gasteiger partial charge in [0.15, 0.2) is 0 Å². The van der Waals surface area contributed by atoms with Crippen LogP contribution in [0.1, 0.15) is 44.6 Å². The number of primary amides is 1. The lowest BCUT2D eigenvalue weighted by Crippen LogP contribution is -2.55. The lowest BCUT2D eigenvalue weighted by molar-refractivity contribution is -0.125. The molecule has 1 aromatic carbocycles. The molecule has 4 N–H and O–H groups in total. The van der Waals surface area contributed by atoms with Crippen molar-refractivity contribution in [3.63, 3.8) is 0 Å². The molecule has 0 spiro atoms. The quantitative estimate of drug-likeness (QED) is 0.760. The van der Waals surface area contributed by atoms with Gasteiger partial charge in [0.1, 0.15) is 11.3 Å². The summed E-state index contributed by atoms with van der Waals surface area (Å²) in [6.07, 6.45) is 5.18. The molecule has 2 rings (SSSR count). The van der Waals surface area contributed by atoms with Crippen LogP contribution in [0.15, 0.2) is 24.3 Å². The van der Waals surface area contributed by atoms with Gasteiger partial charge in [-0.3, -0.25) is 10.1 Å². The highest BCUT2D eigenvalue weighted by Crippen LogP contribution is 2.30. The van der Waals surface area contributed by atoms with Gasteiger partial charge in [-0.25, -0.2) is 0 Å². The number of benzene rings is 1. The second-order valence-corrected chi connectivity index (χ2v) is 5.30. The topological polar surface area (TPSA) is 75.3 Å². The van der Waals surface area contributed by atoms with E-state index in [9.17, 15) is 9.90 Å². The minimum atomic E-state index is -0.831. The highest BCUT2D eigenvalue weighted by molar-refractivity contribution is 5.86. The summed E-state index contributed by atoms with van der Waals surface area (Å²) in [4.78, 5) is 12.0. The second kappa shape index (κ2) is 5.61. The van der Waals surface area contributed by atoms with Crippen LogP contribution in [0.2, 0.25) is 0 Å². The van der Waals surface area contributed by atoms with E-state index in [0.29, 0.717) is 12.5 Å². The van der Waals surface area contributed by atoms with E-state index in [0.717, 1.165) is 18.4 Å². The molecule has 1 saturated carbocycles. The van der Waals surface area contributed by atoms with Gasteiger partial charge in [-0.1, -0.05) is 31.9 Å². The summed E-state index contributed by atoms with van der Waals surface area (Å²) in [5.74, 6) is -0.160. The predicted octanol–water partition coefficient (Wildman–Crippen LogP) is 2.01. The molecule has 1 aliphatic rings. The molecule has 1 aliphatic carbocycles. The summed E-state index contributed by atoms with van der Waals surface area (Å²) in [5, 5.41) is 12.8. The summed E-state index contributed by atoms with van der Waals surface area (Å²) in [6, 6.07) is 7.08. The van der Waals surface area contributed by atoms with Crippen LogP contribution in [-0.4, -0.2) is 17.1 Å². The van der Waals surface area contributed by atoms with Crippen LogP contribution in [0.25, 0.3) is 0 Å². The number of hydrogen-bond acceptors (Lipinski definition) is 3. The van der Waals surface area contributed by atoms with Crippen molar-refractivity contribution in [2.45, 2.75) is 50.6 Å². The largest absolute Gasteiger partial charge is 0.508 e. The molecule has 19 heavy (non-hydrogen) atoms. The third kappa shape index (κ3) is 2.73. The van der Waals surface area contributed by atoms with Gasteiger partial charge >= 0.3 is 0 Å². The zero-order valence-corrected chi connectivity index (χ0v) is 11.4. The van der Waals surface area contributed by atoms with Crippen LogP contribution in [0.3, 0.4) is 0 Å². The number of carbonyl (C=O) groups excluding carboxylic acids is 1. The molecule has 1 fully saturated rings. The molecule has 104 valence electrons. The van der Waals surface area contributed by atoms with E-state index in [4.69, 9.17) is 5.73 Å². The summed E-state index contributed by atoms with van der Waals surface area (Å²) in [6.45, 7) is 1.96. The number of phenolic OH excluding ortho intramolecular Hbond substituents is 1. The van der Waals surface area contributed by atoms with Crippen LogP contribution < -0.4 is 11.1 Å². The van der Waals surface area contributed by atoms with Gasteiger partial charge in [-0.05, 0) is 37.0 Å². The zero-order valence-electron chi connectivity index (χ0n) is 11.4. The van der Waals surface area contributed by atoms with Gasteiger partial charge in [-0.2, -0.15) is 0 Å². The maximum atomic E-state index is 12.0. The van der Waals surface area contributed by atoms with Crippen molar-refractivity contribution in [1.82, 2.24) is 5.32 Å². The Morgan fingerprint density at radius 1 is 1.37 bits per heavy atom. The van der Waals surface area contributed by atoms with E-state index in [1.807, 2.05) is 6.92 Å². The number of aromatic hydroxyl groups is 1. The Morgan fingerprint density at radius 3 is 2.42 bits per heavy atom. The molecule has 0 aromatic heterocycles. The van der Waals surface area contributed by atoms with Crippen LogP contribution in [0, 0.1) is 0 Å². The smallest absolute Gasteiger partial charge is 0.242 e. The maximum absolute atomic E-state index is 12.0. The van der Waals surface area contributed by atoms with Crippen LogP contribution in [-0.2, 0) is 10.3 Å². The maximum Gasteiger partial charge on any atom is 0.242 e. The van der Waals surface area contributed by atoms with E-state index in [2.05, 4.69) is 5.32 Å². The molecule has 0 bridgehead atoms. The molecule has 1 unspecified atom stereocenters. The SMILES string of the molecule is CCC(NC1CCCC1)(C(N)=O)c1ccc(O)cc1. The fourth-order valence-electron chi connectivity index (χ4n) is 2.94. The fraction of sp³-hybridized carbons (Fsp3) is 0.533. The van der Waals surface area contributed by atoms with Crippen molar-refractivity contribution < 1.29 is 9.90 Å². The molecule has 0 saturated heterocycles. The number of nitrogens with two attached hydrogens (primary N) is 1. The number of phenols is 1. The van der Waals surface area contributed by atoms with Gasteiger partial charge in [0.25, 0.3) is 0 Å². The van der Waals surface area contributed by atoms with Crippen molar-refractivity contribution in [3.05, 3.63) is 29.8 Å². The Balaban J connectivity index is 2.32. The van der Waals surface area contributed by atoms with Crippen molar-refractivity contribution in [3.8, 4) is 5.75 Å². The van der Waals surface area contributed by atoms with Gasteiger partial charge in [0, 0.05) is 6.04 Å². The van der Waals surface area contributed by atoms with E-state index in [1.54, 1.807) is 24.3 Å². The van der Waals surface area contributed by atoms with E-state index >= 15 is 0 Å². The van der Waals surface area contributed by atoms with Crippen LogP contribution in [0.4, 0.5) is 0 Å². The molecule has 4 nitrogen and oxygen atoms in total. The Kier molecular flexibility index (Phi) is 4.10. The van der Waals surface area contributed by atoms with Crippen LogP contribution >= 0.6 is 0 Å². The molecule has 4 heteroatoms.